The van der Waals surface area contributed by atoms with Gasteiger partial charge < -0.3 is 19.4 Å². The van der Waals surface area contributed by atoms with Gasteiger partial charge in [0.05, 0.1) is 17.8 Å². The summed E-state index contributed by atoms with van der Waals surface area (Å²) >= 11 is 0. The number of hydrogen-bond acceptors (Lipinski definition) is 5. The summed E-state index contributed by atoms with van der Waals surface area (Å²) in [5.74, 6) is -1.37. The van der Waals surface area contributed by atoms with E-state index in [-0.39, 0.29) is 18.0 Å². The number of rotatable bonds is 11. The Kier molecular flexibility index (Phi) is 8.01. The van der Waals surface area contributed by atoms with E-state index in [2.05, 4.69) is 29.6 Å². The molecule has 3 N–H and O–H groups in total. The van der Waals surface area contributed by atoms with E-state index < -0.39 is 20.0 Å². The van der Waals surface area contributed by atoms with Gasteiger partial charge in [-0.15, -0.1) is 0 Å². The van der Waals surface area contributed by atoms with E-state index in [0.29, 0.717) is 18.9 Å². The summed E-state index contributed by atoms with van der Waals surface area (Å²) in [5.41, 5.74) is 2.86. The maximum absolute atomic E-state index is 11.6. The molecule has 1 aromatic carbocycles. The number of pyridine rings is 1. The van der Waals surface area contributed by atoms with Gasteiger partial charge in [0.2, 0.25) is 5.56 Å². The van der Waals surface area contributed by atoms with Gasteiger partial charge in [0.15, 0.2) is 0 Å². The first kappa shape index (κ1) is 25.3. The van der Waals surface area contributed by atoms with Gasteiger partial charge in [-0.05, 0) is 35.2 Å². The SMILES string of the molecule is CCC(C(=N)C(=O)O)c1ncc(-c2ccc(-c3cc[nH]c(=O)c3)cc2)n1COCC[Si](C)(C)C. The van der Waals surface area contributed by atoms with Crippen LogP contribution in [0, 0.1) is 5.41 Å². The second kappa shape index (κ2) is 10.7. The van der Waals surface area contributed by atoms with E-state index in [1.165, 1.54) is 0 Å². The van der Waals surface area contributed by atoms with Crippen molar-refractivity contribution in [3.8, 4) is 22.4 Å². The highest BCUT2D eigenvalue weighted by Crippen LogP contribution is 2.29. The van der Waals surface area contributed by atoms with Crippen molar-refractivity contribution >= 4 is 19.8 Å². The lowest BCUT2D eigenvalue weighted by molar-refractivity contribution is -0.129. The standard InChI is InChI=1S/C25H32N4O4Si/c1-5-20(23(26)25(31)32)24-28-15-21(29(24)16-33-12-13-34(2,3)4)18-8-6-17(7-9-18)19-10-11-27-22(30)14-19/h6-11,14-15,20,26H,5,12-13,16H2,1-4H3,(H,27,30)(H,31,32). The van der Waals surface area contributed by atoms with Crippen LogP contribution in [-0.4, -0.2) is 46.0 Å². The number of carboxylic acids is 1. The third-order valence-electron chi connectivity index (χ3n) is 5.69. The van der Waals surface area contributed by atoms with Crippen molar-refractivity contribution in [1.82, 2.24) is 14.5 Å². The molecular formula is C25H32N4O4Si. The number of benzene rings is 1. The van der Waals surface area contributed by atoms with Crippen LogP contribution in [0.5, 0.6) is 0 Å². The lowest BCUT2D eigenvalue weighted by Gasteiger charge is -2.20. The Morgan fingerprint density at radius 3 is 2.44 bits per heavy atom. The third kappa shape index (κ3) is 6.18. The number of nitrogens with one attached hydrogen (secondary N) is 2. The number of aromatic nitrogens is 3. The van der Waals surface area contributed by atoms with Crippen molar-refractivity contribution in [2.45, 2.75) is 51.7 Å². The zero-order valence-electron chi connectivity index (χ0n) is 20.1. The second-order valence-corrected chi connectivity index (χ2v) is 15.1. The van der Waals surface area contributed by atoms with E-state index in [4.69, 9.17) is 10.1 Å². The fourth-order valence-corrected chi connectivity index (χ4v) is 4.45. The van der Waals surface area contributed by atoms with Crippen molar-refractivity contribution in [2.75, 3.05) is 6.61 Å². The summed E-state index contributed by atoms with van der Waals surface area (Å²) in [4.78, 5) is 30.3. The minimum atomic E-state index is -1.26. The fraction of sp³-hybridized carbons (Fsp3) is 0.360. The number of carboxylic acid groups (broad SMARTS) is 1. The van der Waals surface area contributed by atoms with Crippen molar-refractivity contribution in [3.05, 3.63) is 65.0 Å². The third-order valence-corrected chi connectivity index (χ3v) is 7.40. The topological polar surface area (TPSA) is 121 Å². The summed E-state index contributed by atoms with van der Waals surface area (Å²) < 4.78 is 7.87. The molecule has 3 aromatic rings. The number of H-pyrrole nitrogens is 1. The Morgan fingerprint density at radius 2 is 1.85 bits per heavy atom. The molecule has 8 nitrogen and oxygen atoms in total. The average Bonchev–Trinajstić information content (AvgIpc) is 3.20. The van der Waals surface area contributed by atoms with Crippen LogP contribution < -0.4 is 5.56 Å². The Morgan fingerprint density at radius 1 is 1.18 bits per heavy atom. The second-order valence-electron chi connectivity index (χ2n) is 9.48. The smallest absolute Gasteiger partial charge is 0.350 e. The fourth-order valence-electron chi connectivity index (χ4n) is 3.69. The van der Waals surface area contributed by atoms with Gasteiger partial charge in [0.25, 0.3) is 0 Å². The maximum atomic E-state index is 11.6. The van der Waals surface area contributed by atoms with Crippen molar-refractivity contribution in [1.29, 1.82) is 5.41 Å². The zero-order valence-corrected chi connectivity index (χ0v) is 21.1. The van der Waals surface area contributed by atoms with Crippen LogP contribution in [0.25, 0.3) is 22.4 Å². The molecule has 0 saturated heterocycles. The van der Waals surface area contributed by atoms with Crippen LogP contribution in [-0.2, 0) is 16.3 Å². The molecule has 2 aromatic heterocycles. The number of nitrogens with zero attached hydrogens (tertiary/aromatic N) is 2. The molecule has 34 heavy (non-hydrogen) atoms. The van der Waals surface area contributed by atoms with Gasteiger partial charge >= 0.3 is 5.97 Å². The molecule has 3 rings (SSSR count). The average molecular weight is 481 g/mol. The van der Waals surface area contributed by atoms with Crippen molar-refractivity contribution in [2.24, 2.45) is 0 Å². The van der Waals surface area contributed by atoms with E-state index in [1.807, 2.05) is 41.8 Å². The lowest BCUT2D eigenvalue weighted by atomic mass is 9.99. The first-order chi connectivity index (χ1) is 16.1. The molecule has 1 unspecified atom stereocenters. The quantitative estimate of drug-likeness (QED) is 0.206. The Bertz CT molecular complexity index is 1210. The summed E-state index contributed by atoms with van der Waals surface area (Å²) in [6, 6.07) is 12.2. The minimum absolute atomic E-state index is 0.161. The molecule has 0 spiro atoms. The molecule has 0 radical (unpaired) electrons. The molecule has 0 amide bonds. The molecule has 0 bridgehead atoms. The van der Waals surface area contributed by atoms with Gasteiger partial charge in [-0.25, -0.2) is 9.78 Å². The van der Waals surface area contributed by atoms with Crippen molar-refractivity contribution in [3.63, 3.8) is 0 Å². The molecule has 0 aliphatic heterocycles. The van der Waals surface area contributed by atoms with Crippen LogP contribution in [0.3, 0.4) is 0 Å². The Balaban J connectivity index is 1.95. The van der Waals surface area contributed by atoms with Gasteiger partial charge in [-0.1, -0.05) is 50.8 Å². The molecule has 180 valence electrons. The summed E-state index contributed by atoms with van der Waals surface area (Å²) in [7, 11) is -1.26. The first-order valence-electron chi connectivity index (χ1n) is 11.3. The molecule has 0 saturated carbocycles. The largest absolute Gasteiger partial charge is 0.477 e. The number of aliphatic carboxylic acids is 1. The lowest BCUT2D eigenvalue weighted by Crippen LogP contribution is -2.25. The molecule has 1 atom stereocenters. The predicted octanol–water partition coefficient (Wildman–Crippen LogP) is 4.82. The zero-order chi connectivity index (χ0) is 24.9. The highest BCUT2D eigenvalue weighted by Gasteiger charge is 2.27. The number of carbonyl (C=O) groups is 1. The van der Waals surface area contributed by atoms with Gasteiger partial charge in [0.1, 0.15) is 18.3 Å². The highest BCUT2D eigenvalue weighted by molar-refractivity contribution is 6.76. The normalized spacial score (nSPS) is 12.5. The molecule has 0 aliphatic carbocycles. The van der Waals surface area contributed by atoms with E-state index in [1.54, 1.807) is 18.5 Å². The molecule has 0 fully saturated rings. The van der Waals surface area contributed by atoms with Crippen LogP contribution in [0.15, 0.2) is 53.6 Å². The highest BCUT2D eigenvalue weighted by atomic mass is 28.3. The van der Waals surface area contributed by atoms with Gasteiger partial charge in [0, 0.05) is 26.9 Å². The molecular weight excluding hydrogens is 448 g/mol. The minimum Gasteiger partial charge on any atom is -0.477 e. The maximum Gasteiger partial charge on any atom is 0.350 e. The van der Waals surface area contributed by atoms with Crippen LogP contribution >= 0.6 is 0 Å². The van der Waals surface area contributed by atoms with Crippen LogP contribution in [0.1, 0.15) is 25.1 Å². The first-order valence-corrected chi connectivity index (χ1v) is 15.1. The van der Waals surface area contributed by atoms with E-state index in [9.17, 15) is 14.7 Å². The van der Waals surface area contributed by atoms with Gasteiger partial charge in [-0.2, -0.15) is 0 Å². The number of aromatic amines is 1. The molecule has 9 heteroatoms. The molecule has 0 aliphatic rings. The van der Waals surface area contributed by atoms with E-state index >= 15 is 0 Å². The Hall–Kier alpha value is -3.30. The monoisotopic (exact) mass is 480 g/mol. The summed E-state index contributed by atoms with van der Waals surface area (Å²) in [6.07, 6.45) is 3.77. The summed E-state index contributed by atoms with van der Waals surface area (Å²) in [6.45, 7) is 9.55. The number of hydrogen-bond donors (Lipinski definition) is 3. The summed E-state index contributed by atoms with van der Waals surface area (Å²) in [5, 5.41) is 17.5. The molecule has 2 heterocycles. The number of imidazole rings is 1. The Labute approximate surface area is 200 Å². The predicted molar refractivity (Wildman–Crippen MR) is 136 cm³/mol. The number of ether oxygens (including phenoxy) is 1. The van der Waals surface area contributed by atoms with Gasteiger partial charge in [-0.3, -0.25) is 10.2 Å². The van der Waals surface area contributed by atoms with E-state index in [0.717, 1.165) is 28.4 Å². The van der Waals surface area contributed by atoms with Crippen LogP contribution in [0.4, 0.5) is 0 Å². The van der Waals surface area contributed by atoms with Crippen molar-refractivity contribution < 1.29 is 14.6 Å². The van der Waals surface area contributed by atoms with Crippen LogP contribution in [0.2, 0.25) is 25.7 Å².